The van der Waals surface area contributed by atoms with E-state index in [4.69, 9.17) is 5.11 Å². The number of rotatable bonds is 3. The lowest BCUT2D eigenvalue weighted by atomic mass is 10.1. The molecule has 0 amide bonds. The summed E-state index contributed by atoms with van der Waals surface area (Å²) in [4.78, 5) is 9.75. The maximum Gasteiger partial charge on any atom is 0.307 e. The number of hydrogen-bond donors (Lipinski definition) is 1. The quantitative estimate of drug-likeness (QED) is 0.630. The zero-order chi connectivity index (χ0) is 12.4. The Morgan fingerprint density at radius 1 is 1.50 bits per heavy atom. The smallest absolute Gasteiger partial charge is 0.307 e. The molecule has 1 aromatic rings. The van der Waals surface area contributed by atoms with Crippen molar-refractivity contribution >= 4 is 5.97 Å². The molecular formula is C13H18O3. The van der Waals surface area contributed by atoms with Gasteiger partial charge in [-0.3, -0.25) is 4.79 Å². The fourth-order valence-corrected chi connectivity index (χ4v) is 1.13. The highest BCUT2D eigenvalue weighted by Gasteiger charge is 1.93. The van der Waals surface area contributed by atoms with Gasteiger partial charge in [-0.1, -0.05) is 30.8 Å². The monoisotopic (exact) mass is 222 g/mol. The molecular weight excluding hydrogens is 204 g/mol. The Balaban J connectivity index is 0.000000325. The third-order valence-electron chi connectivity index (χ3n) is 1.89. The highest BCUT2D eigenvalue weighted by molar-refractivity contribution is 5.66. The van der Waals surface area contributed by atoms with Gasteiger partial charge in [-0.25, -0.2) is 0 Å². The number of hydrogen-bond acceptors (Lipinski definition) is 3. The Hall–Kier alpha value is -1.61. The lowest BCUT2D eigenvalue weighted by Gasteiger charge is -2.00. The van der Waals surface area contributed by atoms with E-state index in [2.05, 4.69) is 24.3 Å². The molecule has 0 radical (unpaired) electrons. The normalized spacial score (nSPS) is 8.69. The van der Waals surface area contributed by atoms with Gasteiger partial charge in [0, 0.05) is 13.5 Å². The molecule has 0 aliphatic rings. The summed E-state index contributed by atoms with van der Waals surface area (Å²) < 4.78 is 4.17. The zero-order valence-electron chi connectivity index (χ0n) is 9.77. The van der Waals surface area contributed by atoms with Gasteiger partial charge in [-0.05, 0) is 24.5 Å². The minimum Gasteiger partial charge on any atom is -0.435 e. The molecule has 0 fully saturated rings. The topological polar surface area (TPSA) is 46.5 Å². The summed E-state index contributed by atoms with van der Waals surface area (Å²) >= 11 is 0. The number of aryl methyl sites for hydroxylation is 1. The van der Waals surface area contributed by atoms with Crippen molar-refractivity contribution in [1.82, 2.24) is 0 Å². The van der Waals surface area contributed by atoms with E-state index in [-0.39, 0.29) is 12.6 Å². The van der Waals surface area contributed by atoms with Gasteiger partial charge >= 0.3 is 5.97 Å². The molecule has 3 nitrogen and oxygen atoms in total. The molecule has 0 aliphatic carbocycles. The second kappa shape index (κ2) is 8.68. The molecule has 1 N–H and O–H groups in total. The minimum atomic E-state index is -0.329. The molecule has 3 heteroatoms. The summed E-state index contributed by atoms with van der Waals surface area (Å²) in [6.07, 6.45) is 1.87. The summed E-state index contributed by atoms with van der Waals surface area (Å²) in [7, 11) is 0. The van der Waals surface area contributed by atoms with Crippen LogP contribution in [0, 0.1) is 6.92 Å². The average molecular weight is 222 g/mol. The van der Waals surface area contributed by atoms with Gasteiger partial charge < -0.3 is 9.84 Å². The number of esters is 1. The first kappa shape index (κ1) is 14.4. The Bertz CT molecular complexity index is 332. The third-order valence-corrected chi connectivity index (χ3v) is 1.89. The van der Waals surface area contributed by atoms with Crippen LogP contribution in [-0.2, 0) is 16.0 Å². The third kappa shape index (κ3) is 6.79. The molecule has 0 saturated heterocycles. The fourth-order valence-electron chi connectivity index (χ4n) is 1.13. The molecule has 0 aliphatic heterocycles. The molecule has 1 aromatic carbocycles. The van der Waals surface area contributed by atoms with Crippen LogP contribution in [0.3, 0.4) is 0 Å². The number of ether oxygens (including phenoxy) is 1. The van der Waals surface area contributed by atoms with Crippen molar-refractivity contribution in [2.24, 2.45) is 0 Å². The van der Waals surface area contributed by atoms with Crippen molar-refractivity contribution in [2.75, 3.05) is 6.61 Å². The molecule has 0 spiro atoms. The second-order valence-corrected chi connectivity index (χ2v) is 3.18. The van der Waals surface area contributed by atoms with Crippen LogP contribution < -0.4 is 0 Å². The van der Waals surface area contributed by atoms with E-state index >= 15 is 0 Å². The molecule has 88 valence electrons. The van der Waals surface area contributed by atoms with Gasteiger partial charge in [0.15, 0.2) is 0 Å². The van der Waals surface area contributed by atoms with Gasteiger partial charge in [-0.2, -0.15) is 0 Å². The first-order chi connectivity index (χ1) is 7.61. The number of aliphatic hydroxyl groups excluding tert-OH is 1. The Labute approximate surface area is 96.4 Å². The molecule has 1 rings (SSSR count). The highest BCUT2D eigenvalue weighted by atomic mass is 16.5. The van der Waals surface area contributed by atoms with Gasteiger partial charge in [0.05, 0.1) is 6.26 Å². The van der Waals surface area contributed by atoms with E-state index in [1.807, 2.05) is 18.2 Å². The van der Waals surface area contributed by atoms with Gasteiger partial charge in [0.2, 0.25) is 0 Å². The molecule has 0 unspecified atom stereocenters. The molecule has 0 saturated carbocycles. The summed E-state index contributed by atoms with van der Waals surface area (Å²) in [5.74, 6) is -0.329. The van der Waals surface area contributed by atoms with Crippen LogP contribution in [0.5, 0.6) is 0 Å². The van der Waals surface area contributed by atoms with Crippen LogP contribution >= 0.6 is 0 Å². The maximum absolute atomic E-state index is 9.75. The number of benzene rings is 1. The first-order valence-corrected chi connectivity index (χ1v) is 5.05. The molecule has 16 heavy (non-hydrogen) atoms. The van der Waals surface area contributed by atoms with Crippen LogP contribution in [0.25, 0.3) is 0 Å². The van der Waals surface area contributed by atoms with Crippen LogP contribution in [-0.4, -0.2) is 17.7 Å². The summed E-state index contributed by atoms with van der Waals surface area (Å²) in [5, 5.41) is 8.64. The van der Waals surface area contributed by atoms with Crippen molar-refractivity contribution in [3.63, 3.8) is 0 Å². The van der Waals surface area contributed by atoms with E-state index in [0.29, 0.717) is 0 Å². The number of aliphatic hydroxyl groups is 1. The van der Waals surface area contributed by atoms with Crippen molar-refractivity contribution in [2.45, 2.75) is 20.3 Å². The van der Waals surface area contributed by atoms with Crippen LogP contribution in [0.2, 0.25) is 0 Å². The van der Waals surface area contributed by atoms with Crippen molar-refractivity contribution in [1.29, 1.82) is 0 Å². The predicted molar refractivity (Wildman–Crippen MR) is 63.9 cm³/mol. The Morgan fingerprint density at radius 3 is 2.50 bits per heavy atom. The van der Waals surface area contributed by atoms with Crippen molar-refractivity contribution < 1.29 is 14.6 Å². The summed E-state index contributed by atoms with van der Waals surface area (Å²) in [5.41, 5.74) is 2.50. The molecule has 0 bridgehead atoms. The van der Waals surface area contributed by atoms with Crippen LogP contribution in [0.4, 0.5) is 0 Å². The number of carbonyl (C=O) groups excluding carboxylic acids is 1. The molecule has 0 atom stereocenters. The molecule has 0 heterocycles. The van der Waals surface area contributed by atoms with E-state index in [9.17, 15) is 4.79 Å². The van der Waals surface area contributed by atoms with E-state index < -0.39 is 0 Å². The van der Waals surface area contributed by atoms with Gasteiger partial charge in [0.25, 0.3) is 0 Å². The summed E-state index contributed by atoms with van der Waals surface area (Å²) in [6.45, 7) is 6.78. The van der Waals surface area contributed by atoms with Crippen LogP contribution in [0.15, 0.2) is 37.1 Å². The lowest BCUT2D eigenvalue weighted by Crippen LogP contribution is -1.92. The van der Waals surface area contributed by atoms with Crippen molar-refractivity contribution in [3.8, 4) is 0 Å². The maximum atomic E-state index is 9.75. The second-order valence-electron chi connectivity index (χ2n) is 3.18. The fraction of sp³-hybridized carbons (Fsp3) is 0.308. The van der Waals surface area contributed by atoms with Crippen LogP contribution in [0.1, 0.15) is 18.1 Å². The molecule has 0 aromatic heterocycles. The lowest BCUT2D eigenvalue weighted by molar-refractivity contribution is -0.135. The SMILES string of the molecule is C=COC(C)=O.Cc1ccccc1CCO. The Morgan fingerprint density at radius 2 is 2.12 bits per heavy atom. The zero-order valence-corrected chi connectivity index (χ0v) is 9.77. The Kier molecular flexibility index (Phi) is 7.81. The number of carbonyl (C=O) groups is 1. The largest absolute Gasteiger partial charge is 0.435 e. The summed E-state index contributed by atoms with van der Waals surface area (Å²) in [6, 6.07) is 8.12. The highest BCUT2D eigenvalue weighted by Crippen LogP contribution is 2.06. The van der Waals surface area contributed by atoms with Gasteiger partial charge in [-0.15, -0.1) is 0 Å². The van der Waals surface area contributed by atoms with Crippen molar-refractivity contribution in [3.05, 3.63) is 48.2 Å². The first-order valence-electron chi connectivity index (χ1n) is 5.05. The van der Waals surface area contributed by atoms with E-state index in [1.165, 1.54) is 18.1 Å². The average Bonchev–Trinajstić information content (AvgIpc) is 2.22. The van der Waals surface area contributed by atoms with E-state index in [0.717, 1.165) is 12.7 Å². The van der Waals surface area contributed by atoms with E-state index in [1.54, 1.807) is 0 Å². The standard InChI is InChI=1S/C9H12O.C4H6O2/c1-8-4-2-3-5-9(8)6-7-10;1-3-6-4(2)5/h2-5,10H,6-7H2,1H3;3H,1H2,2H3. The van der Waals surface area contributed by atoms with Gasteiger partial charge in [0.1, 0.15) is 0 Å². The predicted octanol–water partition coefficient (Wildman–Crippen LogP) is 2.22. The minimum absolute atomic E-state index is 0.241.